The van der Waals surface area contributed by atoms with Crippen molar-refractivity contribution in [2.24, 2.45) is 5.92 Å². The summed E-state index contributed by atoms with van der Waals surface area (Å²) in [6.07, 6.45) is -0.194. The molecular formula is C23H34N4O6S. The van der Waals surface area contributed by atoms with Crippen LogP contribution < -0.4 is 9.46 Å². The van der Waals surface area contributed by atoms with Gasteiger partial charge in [0.2, 0.25) is 5.91 Å². The van der Waals surface area contributed by atoms with Gasteiger partial charge < -0.3 is 24.2 Å². The van der Waals surface area contributed by atoms with Gasteiger partial charge in [-0.1, -0.05) is 12.1 Å². The van der Waals surface area contributed by atoms with Crippen molar-refractivity contribution in [2.75, 3.05) is 38.5 Å². The highest BCUT2D eigenvalue weighted by molar-refractivity contribution is 7.92. The highest BCUT2D eigenvalue weighted by Crippen LogP contribution is 2.30. The largest absolute Gasteiger partial charge is 0.488 e. The maximum Gasteiger partial charge on any atom is 0.267 e. The number of nitrogens with one attached hydrogen (secondary N) is 1. The number of amides is 1. The van der Waals surface area contributed by atoms with Gasteiger partial charge in [-0.2, -0.15) is 0 Å². The molecule has 188 valence electrons. The van der Waals surface area contributed by atoms with Crippen molar-refractivity contribution >= 4 is 21.6 Å². The minimum Gasteiger partial charge on any atom is -0.488 e. The highest BCUT2D eigenvalue weighted by Gasteiger charge is 2.31. The van der Waals surface area contributed by atoms with Crippen molar-refractivity contribution in [2.45, 2.75) is 51.2 Å². The van der Waals surface area contributed by atoms with E-state index in [2.05, 4.69) is 9.88 Å². The number of aliphatic hydroxyl groups is 1. The predicted octanol–water partition coefficient (Wildman–Crippen LogP) is 1.80. The van der Waals surface area contributed by atoms with Crippen LogP contribution in [0.25, 0.3) is 0 Å². The summed E-state index contributed by atoms with van der Waals surface area (Å²) >= 11 is 0. The van der Waals surface area contributed by atoms with Crippen molar-refractivity contribution in [1.29, 1.82) is 0 Å². The number of sulfonamides is 1. The Bertz CT molecular complexity index is 1110. The number of aromatic nitrogens is 1. The Morgan fingerprint density at radius 3 is 2.62 bits per heavy atom. The van der Waals surface area contributed by atoms with Crippen LogP contribution >= 0.6 is 0 Å². The Kier molecular flexibility index (Phi) is 7.89. The fraction of sp³-hybridized carbons (Fsp3) is 0.565. The summed E-state index contributed by atoms with van der Waals surface area (Å²) in [5, 5.41) is 13.4. The normalized spacial score (nSPS) is 20.2. The molecule has 0 unspecified atom stereocenters. The molecule has 2 heterocycles. The lowest BCUT2D eigenvalue weighted by Gasteiger charge is -2.33. The van der Waals surface area contributed by atoms with E-state index in [1.807, 2.05) is 25.9 Å². The van der Waals surface area contributed by atoms with Crippen LogP contribution in [0.3, 0.4) is 0 Å². The second kappa shape index (κ2) is 10.3. The van der Waals surface area contributed by atoms with E-state index in [0.29, 0.717) is 30.1 Å². The number of anilines is 1. The number of benzene rings is 1. The first kappa shape index (κ1) is 26.0. The molecule has 2 N–H and O–H groups in total. The zero-order valence-electron chi connectivity index (χ0n) is 20.5. The first-order valence-corrected chi connectivity index (χ1v) is 12.7. The summed E-state index contributed by atoms with van der Waals surface area (Å²) in [7, 11) is -0.0330. The van der Waals surface area contributed by atoms with Gasteiger partial charge in [-0.05, 0) is 53.1 Å². The van der Waals surface area contributed by atoms with Gasteiger partial charge in [0.05, 0.1) is 19.1 Å². The molecule has 11 heteroatoms. The molecule has 0 saturated heterocycles. The van der Waals surface area contributed by atoms with Crippen molar-refractivity contribution in [1.82, 2.24) is 15.0 Å². The monoisotopic (exact) mass is 494 g/mol. The molecule has 1 aromatic carbocycles. The van der Waals surface area contributed by atoms with Gasteiger partial charge in [0.15, 0.2) is 10.7 Å². The molecule has 0 saturated carbocycles. The van der Waals surface area contributed by atoms with Crippen molar-refractivity contribution in [3.8, 4) is 5.75 Å². The van der Waals surface area contributed by atoms with Crippen LogP contribution in [-0.4, -0.2) is 80.3 Å². The molecule has 0 spiro atoms. The first-order valence-electron chi connectivity index (χ1n) is 11.2. The van der Waals surface area contributed by atoms with Crippen LogP contribution in [0.2, 0.25) is 0 Å². The van der Waals surface area contributed by atoms with Crippen molar-refractivity contribution in [3.63, 3.8) is 0 Å². The number of hydrogen-bond acceptors (Lipinski definition) is 8. The van der Waals surface area contributed by atoms with Gasteiger partial charge in [-0.15, -0.1) is 0 Å². The molecule has 0 bridgehead atoms. The fourth-order valence-corrected chi connectivity index (χ4v) is 5.52. The van der Waals surface area contributed by atoms with Gasteiger partial charge >= 0.3 is 0 Å². The molecule has 1 aliphatic rings. The van der Waals surface area contributed by atoms with Crippen LogP contribution in [0.4, 0.5) is 5.69 Å². The number of aryl methyl sites for hydroxylation is 2. The lowest BCUT2D eigenvalue weighted by atomic mass is 10.0. The Balaban J connectivity index is 1.99. The van der Waals surface area contributed by atoms with Crippen LogP contribution in [0.1, 0.15) is 30.9 Å². The van der Waals surface area contributed by atoms with Gasteiger partial charge in [0.1, 0.15) is 17.5 Å². The fourth-order valence-electron chi connectivity index (χ4n) is 4.14. The topological polar surface area (TPSA) is 125 Å². The lowest BCUT2D eigenvalue weighted by Crippen LogP contribution is -2.47. The molecule has 1 aliphatic heterocycles. The molecule has 1 aromatic heterocycles. The number of aliphatic hydroxyl groups excluding tert-OH is 1. The van der Waals surface area contributed by atoms with E-state index in [-0.39, 0.29) is 53.3 Å². The minimum absolute atomic E-state index is 0.00372. The molecular weight excluding hydrogens is 460 g/mol. The van der Waals surface area contributed by atoms with E-state index in [9.17, 15) is 18.3 Å². The second-order valence-electron chi connectivity index (χ2n) is 9.23. The molecule has 0 radical (unpaired) electrons. The standard InChI is InChI=1S/C23H34N4O6S/c1-14-11-27(15(2)13-28)22(29)10-18-9-19(7-8-20(18)32-21(14)12-26(5)6)25-34(30,31)23-16(3)24-33-17(23)4/h7-9,14-15,21,25,28H,10-13H2,1-6H3/t14-,15-,21+/m1/s1. The van der Waals surface area contributed by atoms with E-state index < -0.39 is 10.0 Å². The van der Waals surface area contributed by atoms with Gasteiger partial charge in [-0.25, -0.2) is 8.42 Å². The molecule has 10 nitrogen and oxygen atoms in total. The average Bonchev–Trinajstić information content (AvgIpc) is 3.11. The number of likely N-dealkylation sites (N-methyl/N-ethyl adjacent to an activating group) is 1. The smallest absolute Gasteiger partial charge is 0.267 e. The maximum atomic E-state index is 13.2. The second-order valence-corrected chi connectivity index (χ2v) is 10.9. The zero-order chi connectivity index (χ0) is 25.2. The summed E-state index contributed by atoms with van der Waals surface area (Å²) in [4.78, 5) is 16.9. The van der Waals surface area contributed by atoms with Crippen LogP contribution in [0.5, 0.6) is 5.75 Å². The van der Waals surface area contributed by atoms with E-state index in [0.717, 1.165) is 0 Å². The van der Waals surface area contributed by atoms with E-state index in [1.165, 1.54) is 6.92 Å². The SMILES string of the molecule is Cc1noc(C)c1S(=O)(=O)Nc1ccc2c(c1)CC(=O)N([C@H](C)CO)C[C@@H](C)[C@H](CN(C)C)O2. The maximum absolute atomic E-state index is 13.2. The third-order valence-electron chi connectivity index (χ3n) is 5.95. The molecule has 0 aliphatic carbocycles. The third kappa shape index (κ3) is 5.70. The Morgan fingerprint density at radius 1 is 1.32 bits per heavy atom. The van der Waals surface area contributed by atoms with E-state index in [1.54, 1.807) is 36.9 Å². The molecule has 3 atom stereocenters. The van der Waals surface area contributed by atoms with Gasteiger partial charge in [0.25, 0.3) is 10.0 Å². The number of hydrogen-bond donors (Lipinski definition) is 2. The van der Waals surface area contributed by atoms with Crippen LogP contribution in [0.15, 0.2) is 27.6 Å². The van der Waals surface area contributed by atoms with E-state index in [4.69, 9.17) is 9.26 Å². The third-order valence-corrected chi connectivity index (χ3v) is 7.58. The number of nitrogens with zero attached hydrogens (tertiary/aromatic N) is 3. The number of rotatable bonds is 7. The number of fused-ring (bicyclic) bond motifs is 1. The molecule has 34 heavy (non-hydrogen) atoms. The lowest BCUT2D eigenvalue weighted by molar-refractivity contribution is -0.134. The quantitative estimate of drug-likeness (QED) is 0.597. The minimum atomic E-state index is -3.94. The van der Waals surface area contributed by atoms with Crippen LogP contribution in [-0.2, 0) is 21.2 Å². The number of carbonyl (C=O) groups is 1. The number of ether oxygens (including phenoxy) is 1. The predicted molar refractivity (Wildman–Crippen MR) is 127 cm³/mol. The Morgan fingerprint density at radius 2 is 2.03 bits per heavy atom. The molecule has 0 fully saturated rings. The van der Waals surface area contributed by atoms with Crippen molar-refractivity contribution < 1.29 is 27.6 Å². The Hall–Kier alpha value is -2.63. The molecule has 3 rings (SSSR count). The number of carbonyl (C=O) groups excluding carboxylic acids is 1. The van der Waals surface area contributed by atoms with Crippen LogP contribution in [0, 0.1) is 19.8 Å². The highest BCUT2D eigenvalue weighted by atomic mass is 32.2. The summed E-state index contributed by atoms with van der Waals surface area (Å²) < 4.78 is 39.8. The molecule has 1 amide bonds. The molecule has 2 aromatic rings. The van der Waals surface area contributed by atoms with Gasteiger partial charge in [0, 0.05) is 30.3 Å². The first-order chi connectivity index (χ1) is 15.9. The average molecular weight is 495 g/mol. The van der Waals surface area contributed by atoms with Gasteiger partial charge in [-0.3, -0.25) is 9.52 Å². The Labute approximate surface area is 200 Å². The van der Waals surface area contributed by atoms with Crippen molar-refractivity contribution in [3.05, 3.63) is 35.2 Å². The summed E-state index contributed by atoms with van der Waals surface area (Å²) in [6, 6.07) is 4.57. The summed E-state index contributed by atoms with van der Waals surface area (Å²) in [6.45, 7) is 7.85. The summed E-state index contributed by atoms with van der Waals surface area (Å²) in [5.41, 5.74) is 1.13. The summed E-state index contributed by atoms with van der Waals surface area (Å²) in [5.74, 6) is 0.574. The van der Waals surface area contributed by atoms with E-state index >= 15 is 0 Å². The zero-order valence-corrected chi connectivity index (χ0v) is 21.3.